The van der Waals surface area contributed by atoms with Gasteiger partial charge in [-0.1, -0.05) is 0 Å². The van der Waals surface area contributed by atoms with E-state index in [0.717, 1.165) is 20.5 Å². The van der Waals surface area contributed by atoms with Crippen LogP contribution in [0.4, 0.5) is 0 Å². The minimum atomic E-state index is -0.928. The zero-order valence-electron chi connectivity index (χ0n) is 15.9. The van der Waals surface area contributed by atoms with Gasteiger partial charge < -0.3 is 29.9 Å². The summed E-state index contributed by atoms with van der Waals surface area (Å²) in [6.45, 7) is -0.359. The van der Waals surface area contributed by atoms with Gasteiger partial charge in [0.25, 0.3) is 0 Å². The lowest BCUT2D eigenvalue weighted by atomic mass is 10.1. The third kappa shape index (κ3) is 4.33. The number of hydrogen-bond acceptors (Lipinski definition) is 7. The van der Waals surface area contributed by atoms with Crippen LogP contribution >= 0.6 is 11.3 Å². The van der Waals surface area contributed by atoms with Crippen molar-refractivity contribution in [2.45, 2.75) is 6.10 Å². The number of phenols is 2. The van der Waals surface area contributed by atoms with Gasteiger partial charge in [-0.2, -0.15) is 0 Å². The molecule has 4 aromatic rings. The number of aromatic hydroxyl groups is 2. The van der Waals surface area contributed by atoms with Crippen LogP contribution in [-0.2, 0) is 0 Å². The largest absolute Gasteiger partial charge is 0.508 e. The Morgan fingerprint density at radius 1 is 0.833 bits per heavy atom. The Morgan fingerprint density at radius 3 is 2.20 bits per heavy atom. The first-order valence-corrected chi connectivity index (χ1v) is 10.1. The van der Waals surface area contributed by atoms with E-state index in [1.165, 1.54) is 11.3 Å². The average Bonchev–Trinajstić information content (AvgIpc) is 3.10. The molecule has 154 valence electrons. The second kappa shape index (κ2) is 8.62. The maximum atomic E-state index is 9.85. The van der Waals surface area contributed by atoms with Crippen LogP contribution in [0.3, 0.4) is 0 Å². The van der Waals surface area contributed by atoms with Gasteiger partial charge in [-0.25, -0.2) is 0 Å². The van der Waals surface area contributed by atoms with Crippen molar-refractivity contribution in [2.24, 2.45) is 0 Å². The third-order valence-electron chi connectivity index (χ3n) is 4.45. The number of aliphatic hydroxyl groups is 2. The van der Waals surface area contributed by atoms with Gasteiger partial charge in [0.2, 0.25) is 0 Å². The number of thiophene rings is 1. The van der Waals surface area contributed by atoms with Crippen LogP contribution in [0.2, 0.25) is 0 Å². The van der Waals surface area contributed by atoms with Gasteiger partial charge in [-0.15, -0.1) is 11.3 Å². The summed E-state index contributed by atoms with van der Waals surface area (Å²) in [5, 5.41) is 38.6. The SMILES string of the molecule is OCC(O)COc1ccc(Oc2c(-c3ccc(O)cc3)sc3cc(O)ccc23)cc1. The number of ether oxygens (including phenoxy) is 2. The van der Waals surface area contributed by atoms with Gasteiger partial charge in [0.1, 0.15) is 35.7 Å². The normalized spacial score (nSPS) is 12.1. The Kier molecular flexibility index (Phi) is 5.76. The van der Waals surface area contributed by atoms with E-state index in [4.69, 9.17) is 14.6 Å². The molecule has 4 N–H and O–H groups in total. The van der Waals surface area contributed by atoms with Gasteiger partial charge >= 0.3 is 0 Å². The standard InChI is InChI=1S/C23H20O6S/c24-12-17(27)13-28-18-6-8-19(9-7-18)29-22-20-10-5-16(26)11-21(20)30-23(22)14-1-3-15(25)4-2-14/h1-11,17,24-27H,12-13H2. The summed E-state index contributed by atoms with van der Waals surface area (Å²) < 4.78 is 12.5. The lowest BCUT2D eigenvalue weighted by Gasteiger charge is -2.11. The van der Waals surface area contributed by atoms with Crippen molar-refractivity contribution >= 4 is 21.4 Å². The van der Waals surface area contributed by atoms with E-state index >= 15 is 0 Å². The molecule has 0 fully saturated rings. The molecule has 0 aliphatic rings. The summed E-state index contributed by atoms with van der Waals surface area (Å²) >= 11 is 1.49. The Morgan fingerprint density at radius 2 is 1.50 bits per heavy atom. The van der Waals surface area contributed by atoms with E-state index in [1.54, 1.807) is 48.5 Å². The molecule has 0 spiro atoms. The fourth-order valence-electron chi connectivity index (χ4n) is 2.93. The van der Waals surface area contributed by atoms with Crippen LogP contribution in [-0.4, -0.2) is 39.7 Å². The molecule has 1 heterocycles. The predicted molar refractivity (Wildman–Crippen MR) is 116 cm³/mol. The first kappa shape index (κ1) is 20.0. The molecule has 6 nitrogen and oxygen atoms in total. The minimum absolute atomic E-state index is 0.000363. The minimum Gasteiger partial charge on any atom is -0.508 e. The lowest BCUT2D eigenvalue weighted by Crippen LogP contribution is -2.21. The van der Waals surface area contributed by atoms with Crippen molar-refractivity contribution in [1.29, 1.82) is 0 Å². The molecular weight excluding hydrogens is 404 g/mol. The first-order chi connectivity index (χ1) is 14.5. The highest BCUT2D eigenvalue weighted by atomic mass is 32.1. The average molecular weight is 424 g/mol. The molecule has 1 atom stereocenters. The van der Waals surface area contributed by atoms with Crippen LogP contribution < -0.4 is 9.47 Å². The Hall–Kier alpha value is -3.26. The highest BCUT2D eigenvalue weighted by molar-refractivity contribution is 7.22. The maximum absolute atomic E-state index is 9.85. The van der Waals surface area contributed by atoms with Crippen molar-refractivity contribution < 1.29 is 29.9 Å². The topological polar surface area (TPSA) is 99.4 Å². The van der Waals surface area contributed by atoms with Gasteiger partial charge in [-0.05, 0) is 72.3 Å². The van der Waals surface area contributed by atoms with Crippen molar-refractivity contribution in [3.05, 3.63) is 66.7 Å². The van der Waals surface area contributed by atoms with E-state index in [2.05, 4.69) is 0 Å². The number of rotatable bonds is 7. The van der Waals surface area contributed by atoms with E-state index in [0.29, 0.717) is 17.2 Å². The quantitative estimate of drug-likeness (QED) is 0.349. The third-order valence-corrected chi connectivity index (χ3v) is 5.64. The fraction of sp³-hybridized carbons (Fsp3) is 0.130. The second-order valence-electron chi connectivity index (χ2n) is 6.71. The molecule has 3 aromatic carbocycles. The fourth-order valence-corrected chi connectivity index (χ4v) is 4.10. The Balaban J connectivity index is 1.66. The molecule has 30 heavy (non-hydrogen) atoms. The molecule has 0 aliphatic carbocycles. The van der Waals surface area contributed by atoms with Gasteiger partial charge in [-0.3, -0.25) is 0 Å². The molecule has 1 unspecified atom stereocenters. The first-order valence-electron chi connectivity index (χ1n) is 9.28. The molecular formula is C23H20O6S. The summed E-state index contributed by atoms with van der Waals surface area (Å²) in [4.78, 5) is 0.877. The van der Waals surface area contributed by atoms with Gasteiger partial charge in [0.15, 0.2) is 5.75 Å². The van der Waals surface area contributed by atoms with E-state index < -0.39 is 6.10 Å². The molecule has 0 radical (unpaired) electrons. The van der Waals surface area contributed by atoms with Crippen LogP contribution in [0, 0.1) is 0 Å². The number of aliphatic hydroxyl groups excluding tert-OH is 2. The Bertz CT molecular complexity index is 1140. The molecule has 7 heteroatoms. The Labute approximate surface area is 176 Å². The molecule has 0 amide bonds. The van der Waals surface area contributed by atoms with E-state index in [1.807, 2.05) is 18.2 Å². The van der Waals surface area contributed by atoms with Gasteiger partial charge in [0.05, 0.1) is 11.5 Å². The molecule has 0 bridgehead atoms. The smallest absolute Gasteiger partial charge is 0.153 e. The van der Waals surface area contributed by atoms with Crippen molar-refractivity contribution in [3.63, 3.8) is 0 Å². The number of benzene rings is 3. The van der Waals surface area contributed by atoms with E-state index in [9.17, 15) is 15.3 Å². The molecule has 1 aromatic heterocycles. The number of phenolic OH excluding ortho intramolecular Hbond substituents is 2. The summed E-state index contributed by atoms with van der Waals surface area (Å²) in [6.07, 6.45) is -0.928. The monoisotopic (exact) mass is 424 g/mol. The molecule has 0 saturated carbocycles. The summed E-state index contributed by atoms with van der Waals surface area (Å²) in [7, 11) is 0. The highest BCUT2D eigenvalue weighted by Gasteiger charge is 2.17. The van der Waals surface area contributed by atoms with Crippen LogP contribution in [0.15, 0.2) is 66.7 Å². The molecule has 4 rings (SSSR count). The zero-order valence-corrected chi connectivity index (χ0v) is 16.7. The van der Waals surface area contributed by atoms with Crippen LogP contribution in [0.25, 0.3) is 20.5 Å². The van der Waals surface area contributed by atoms with Crippen LogP contribution in [0.1, 0.15) is 0 Å². The second-order valence-corrected chi connectivity index (χ2v) is 7.76. The number of hydrogen-bond donors (Lipinski definition) is 4. The van der Waals surface area contributed by atoms with E-state index in [-0.39, 0.29) is 24.7 Å². The number of fused-ring (bicyclic) bond motifs is 1. The predicted octanol–water partition coefficient (Wildman–Crippen LogP) is 4.50. The van der Waals surface area contributed by atoms with Crippen LogP contribution in [0.5, 0.6) is 28.7 Å². The summed E-state index contributed by atoms with van der Waals surface area (Å²) in [5.74, 6) is 2.16. The summed E-state index contributed by atoms with van der Waals surface area (Å²) in [5.41, 5.74) is 0.890. The van der Waals surface area contributed by atoms with Crippen molar-refractivity contribution in [3.8, 4) is 39.2 Å². The highest BCUT2D eigenvalue weighted by Crippen LogP contribution is 2.47. The maximum Gasteiger partial charge on any atom is 0.153 e. The van der Waals surface area contributed by atoms with Crippen molar-refractivity contribution in [1.82, 2.24) is 0 Å². The lowest BCUT2D eigenvalue weighted by molar-refractivity contribution is 0.0536. The molecule has 0 aliphatic heterocycles. The zero-order chi connectivity index (χ0) is 21.1. The van der Waals surface area contributed by atoms with Gasteiger partial charge in [0, 0.05) is 10.1 Å². The summed E-state index contributed by atoms with van der Waals surface area (Å²) in [6, 6.07) is 18.9. The van der Waals surface area contributed by atoms with Crippen molar-refractivity contribution in [2.75, 3.05) is 13.2 Å². The molecule has 0 saturated heterocycles.